The molecule has 29 heavy (non-hydrogen) atoms. The number of hydrogen-bond donors (Lipinski definition) is 0. The minimum absolute atomic E-state index is 0.0936. The van der Waals surface area contributed by atoms with Gasteiger partial charge in [0.2, 0.25) is 15.0 Å². The van der Waals surface area contributed by atoms with Gasteiger partial charge in [-0.3, -0.25) is 4.79 Å². The van der Waals surface area contributed by atoms with Crippen molar-refractivity contribution in [3.63, 3.8) is 0 Å². The monoisotopic (exact) mass is 407 g/mol. The third-order valence-corrected chi connectivity index (χ3v) is 5.97. The van der Waals surface area contributed by atoms with Gasteiger partial charge in [-0.05, 0) is 44.2 Å². The number of aromatic nitrogens is 3. The zero-order valence-electron chi connectivity index (χ0n) is 16.5. The lowest BCUT2D eigenvalue weighted by molar-refractivity contribution is 0.0970. The Hall–Kier alpha value is -3.19. The molecule has 7 heteroatoms. The molecule has 0 radical (unpaired) electrons. The molecule has 0 aliphatic carbocycles. The SMILES string of the molecule is Cc1cc(C(=O)Cn2c(S(C)(=O)=O)nc3ccccc32)c(C)n1-c1ccccc1. The Bertz CT molecular complexity index is 1330. The van der Waals surface area contributed by atoms with Crippen LogP contribution in [-0.4, -0.2) is 34.6 Å². The molecular weight excluding hydrogens is 386 g/mol. The first-order valence-corrected chi connectivity index (χ1v) is 11.1. The van der Waals surface area contributed by atoms with E-state index in [1.54, 1.807) is 24.3 Å². The van der Waals surface area contributed by atoms with E-state index >= 15 is 0 Å². The summed E-state index contributed by atoms with van der Waals surface area (Å²) in [6.07, 6.45) is 1.11. The molecule has 2 heterocycles. The van der Waals surface area contributed by atoms with Crippen molar-refractivity contribution in [3.05, 3.63) is 77.6 Å². The summed E-state index contributed by atoms with van der Waals surface area (Å²) in [7, 11) is -3.58. The van der Waals surface area contributed by atoms with Crippen molar-refractivity contribution in [1.82, 2.24) is 14.1 Å². The number of sulfone groups is 1. The number of carbonyl (C=O) groups is 1. The number of ketones is 1. The number of para-hydroxylation sites is 3. The van der Waals surface area contributed by atoms with E-state index in [0.29, 0.717) is 16.6 Å². The lowest BCUT2D eigenvalue weighted by Gasteiger charge is -2.10. The van der Waals surface area contributed by atoms with Gasteiger partial charge in [0, 0.05) is 28.9 Å². The second-order valence-electron chi connectivity index (χ2n) is 7.12. The summed E-state index contributed by atoms with van der Waals surface area (Å²) in [4.78, 5) is 17.4. The highest BCUT2D eigenvalue weighted by atomic mass is 32.2. The van der Waals surface area contributed by atoms with E-state index in [4.69, 9.17) is 0 Å². The highest BCUT2D eigenvalue weighted by Crippen LogP contribution is 2.24. The number of hydrogen-bond acceptors (Lipinski definition) is 4. The van der Waals surface area contributed by atoms with E-state index in [-0.39, 0.29) is 17.5 Å². The van der Waals surface area contributed by atoms with Crippen molar-refractivity contribution in [3.8, 4) is 5.69 Å². The van der Waals surface area contributed by atoms with E-state index in [0.717, 1.165) is 23.3 Å². The molecular formula is C22H21N3O3S. The van der Waals surface area contributed by atoms with Crippen molar-refractivity contribution < 1.29 is 13.2 Å². The molecule has 0 aliphatic rings. The maximum Gasteiger partial charge on any atom is 0.228 e. The summed E-state index contributed by atoms with van der Waals surface area (Å²) in [6, 6.07) is 18.8. The second-order valence-corrected chi connectivity index (χ2v) is 9.03. The topological polar surface area (TPSA) is 74.0 Å². The number of Topliss-reactive ketones (excluding diaryl/α,β-unsaturated/α-hetero) is 1. The van der Waals surface area contributed by atoms with Crippen LogP contribution in [0.3, 0.4) is 0 Å². The fourth-order valence-electron chi connectivity index (χ4n) is 3.74. The summed E-state index contributed by atoms with van der Waals surface area (Å²) in [6.45, 7) is 3.75. The zero-order valence-corrected chi connectivity index (χ0v) is 17.3. The molecule has 6 nitrogen and oxygen atoms in total. The molecule has 0 aliphatic heterocycles. The summed E-state index contributed by atoms with van der Waals surface area (Å²) in [5.41, 5.74) is 4.49. The fraction of sp³-hybridized carbons (Fsp3) is 0.182. The summed E-state index contributed by atoms with van der Waals surface area (Å²) < 4.78 is 28.0. The molecule has 0 unspecified atom stereocenters. The minimum Gasteiger partial charge on any atom is -0.318 e. The quantitative estimate of drug-likeness (QED) is 0.473. The Kier molecular flexibility index (Phi) is 4.62. The minimum atomic E-state index is -3.58. The maximum absolute atomic E-state index is 13.2. The van der Waals surface area contributed by atoms with Gasteiger partial charge in [0.15, 0.2) is 5.78 Å². The van der Waals surface area contributed by atoms with E-state index in [2.05, 4.69) is 4.98 Å². The molecule has 2 aromatic carbocycles. The Morgan fingerprint density at radius 1 is 1.00 bits per heavy atom. The molecule has 4 aromatic rings. The lowest BCUT2D eigenvalue weighted by Crippen LogP contribution is -2.16. The largest absolute Gasteiger partial charge is 0.318 e. The fourth-order valence-corrected chi connectivity index (χ4v) is 4.56. The standard InChI is InChI=1S/C22H21N3O3S/c1-15-13-18(16(2)25(15)17-9-5-4-6-10-17)21(26)14-24-20-12-8-7-11-19(20)23-22(24)29(3,27)28/h4-13H,14H2,1-3H3. The number of imidazole rings is 1. The van der Waals surface area contributed by atoms with Crippen molar-refractivity contribution >= 4 is 26.7 Å². The highest BCUT2D eigenvalue weighted by molar-refractivity contribution is 7.90. The smallest absolute Gasteiger partial charge is 0.228 e. The second kappa shape index (κ2) is 7.00. The van der Waals surface area contributed by atoms with E-state index in [1.165, 1.54) is 4.57 Å². The predicted molar refractivity (Wildman–Crippen MR) is 112 cm³/mol. The number of fused-ring (bicyclic) bond motifs is 1. The molecule has 0 fully saturated rings. The van der Waals surface area contributed by atoms with Gasteiger partial charge in [0.05, 0.1) is 17.6 Å². The van der Waals surface area contributed by atoms with Crippen molar-refractivity contribution in [2.24, 2.45) is 0 Å². The molecule has 0 atom stereocenters. The molecule has 0 spiro atoms. The predicted octanol–water partition coefficient (Wildman–Crippen LogP) is 3.73. The van der Waals surface area contributed by atoms with Gasteiger partial charge in [0.25, 0.3) is 0 Å². The third kappa shape index (κ3) is 3.38. The number of carbonyl (C=O) groups excluding carboxylic acids is 1. The molecule has 148 valence electrons. The Morgan fingerprint density at radius 3 is 2.34 bits per heavy atom. The number of rotatable bonds is 5. The summed E-state index contributed by atoms with van der Waals surface area (Å²) >= 11 is 0. The van der Waals surface area contributed by atoms with E-state index < -0.39 is 9.84 Å². The Balaban J connectivity index is 1.79. The molecule has 0 amide bonds. The van der Waals surface area contributed by atoms with Crippen LogP contribution in [0.2, 0.25) is 0 Å². The van der Waals surface area contributed by atoms with Gasteiger partial charge in [-0.25, -0.2) is 13.4 Å². The normalized spacial score (nSPS) is 11.8. The van der Waals surface area contributed by atoms with Gasteiger partial charge in [0.1, 0.15) is 0 Å². The third-order valence-electron chi connectivity index (χ3n) is 5.00. The van der Waals surface area contributed by atoms with Crippen molar-refractivity contribution in [1.29, 1.82) is 0 Å². The molecule has 4 rings (SSSR count). The van der Waals surface area contributed by atoms with Crippen LogP contribution in [0.5, 0.6) is 0 Å². The molecule has 2 aromatic heterocycles. The Morgan fingerprint density at radius 2 is 1.66 bits per heavy atom. The van der Waals surface area contributed by atoms with Gasteiger partial charge in [-0.15, -0.1) is 0 Å². The van der Waals surface area contributed by atoms with E-state index in [1.807, 2.05) is 54.8 Å². The summed E-state index contributed by atoms with van der Waals surface area (Å²) in [5.74, 6) is -0.159. The molecule has 0 bridgehead atoms. The first kappa shape index (κ1) is 19.1. The highest BCUT2D eigenvalue weighted by Gasteiger charge is 2.23. The van der Waals surface area contributed by atoms with Crippen LogP contribution in [0.15, 0.2) is 65.8 Å². The van der Waals surface area contributed by atoms with Crippen LogP contribution in [0.4, 0.5) is 0 Å². The van der Waals surface area contributed by atoms with E-state index in [9.17, 15) is 13.2 Å². The Labute approximate surface area is 169 Å². The van der Waals surface area contributed by atoms with Crippen LogP contribution in [0.1, 0.15) is 21.7 Å². The average Bonchev–Trinajstić information content (AvgIpc) is 3.20. The van der Waals surface area contributed by atoms with Gasteiger partial charge in [-0.2, -0.15) is 0 Å². The molecule has 0 N–H and O–H groups in total. The summed E-state index contributed by atoms with van der Waals surface area (Å²) in [5, 5.41) is -0.0936. The van der Waals surface area contributed by atoms with Crippen LogP contribution in [-0.2, 0) is 16.4 Å². The molecule has 0 saturated heterocycles. The van der Waals surface area contributed by atoms with Crippen LogP contribution in [0.25, 0.3) is 16.7 Å². The number of aryl methyl sites for hydroxylation is 1. The van der Waals surface area contributed by atoms with Gasteiger partial charge in [-0.1, -0.05) is 30.3 Å². The zero-order chi connectivity index (χ0) is 20.8. The number of benzene rings is 2. The maximum atomic E-state index is 13.2. The van der Waals surface area contributed by atoms with Crippen LogP contribution in [0, 0.1) is 13.8 Å². The van der Waals surface area contributed by atoms with Crippen LogP contribution >= 0.6 is 0 Å². The van der Waals surface area contributed by atoms with Gasteiger partial charge >= 0.3 is 0 Å². The first-order chi connectivity index (χ1) is 13.8. The van der Waals surface area contributed by atoms with Crippen molar-refractivity contribution in [2.45, 2.75) is 25.5 Å². The van der Waals surface area contributed by atoms with Crippen molar-refractivity contribution in [2.75, 3.05) is 6.26 Å². The number of nitrogens with zero attached hydrogens (tertiary/aromatic N) is 3. The lowest BCUT2D eigenvalue weighted by atomic mass is 10.1. The first-order valence-electron chi connectivity index (χ1n) is 9.20. The van der Waals surface area contributed by atoms with Gasteiger partial charge < -0.3 is 9.13 Å². The molecule has 0 saturated carbocycles. The average molecular weight is 407 g/mol. The van der Waals surface area contributed by atoms with Crippen LogP contribution < -0.4 is 0 Å².